The van der Waals surface area contributed by atoms with Crippen LogP contribution in [-0.2, 0) is 14.3 Å². The van der Waals surface area contributed by atoms with Crippen LogP contribution >= 0.6 is 0 Å². The minimum absolute atomic E-state index is 0.219. The Morgan fingerprint density at radius 3 is 2.81 bits per heavy atom. The Kier molecular flexibility index (Phi) is 3.93. The van der Waals surface area contributed by atoms with E-state index in [1.807, 2.05) is 13.8 Å². The standard InChI is InChI=1S/C10H13NO5/c1-7(2)6-16-10(14)11-3-4-15-8(5-11)9(12)13/h3-5,7H,6H2,1-2H3,(H,12,13). The minimum atomic E-state index is -1.24. The fourth-order valence-electron chi connectivity index (χ4n) is 0.901. The molecule has 0 bridgehead atoms. The van der Waals surface area contributed by atoms with Gasteiger partial charge in [0.15, 0.2) is 0 Å². The first-order valence-electron chi connectivity index (χ1n) is 4.74. The molecule has 1 aliphatic rings. The number of carbonyl (C=O) groups is 2. The van der Waals surface area contributed by atoms with Crippen molar-refractivity contribution >= 4 is 12.1 Å². The van der Waals surface area contributed by atoms with Gasteiger partial charge in [-0.2, -0.15) is 0 Å². The number of hydrogen-bond donors (Lipinski definition) is 1. The highest BCUT2D eigenvalue weighted by atomic mass is 16.6. The third-order valence-corrected chi connectivity index (χ3v) is 1.63. The number of carboxylic acids is 1. The van der Waals surface area contributed by atoms with Crippen LogP contribution in [0.2, 0.25) is 0 Å². The van der Waals surface area contributed by atoms with Crippen LogP contribution in [0, 0.1) is 5.92 Å². The van der Waals surface area contributed by atoms with Gasteiger partial charge in [-0.3, -0.25) is 4.90 Å². The van der Waals surface area contributed by atoms with Gasteiger partial charge in [0.1, 0.15) is 6.26 Å². The van der Waals surface area contributed by atoms with E-state index in [0.29, 0.717) is 0 Å². The van der Waals surface area contributed by atoms with Crippen LogP contribution in [0.4, 0.5) is 4.79 Å². The lowest BCUT2D eigenvalue weighted by molar-refractivity contribution is -0.135. The maximum Gasteiger partial charge on any atom is 0.418 e. The van der Waals surface area contributed by atoms with Crippen LogP contribution in [0.15, 0.2) is 24.4 Å². The summed E-state index contributed by atoms with van der Waals surface area (Å²) in [6.07, 6.45) is 2.83. The van der Waals surface area contributed by atoms with Gasteiger partial charge in [-0.1, -0.05) is 13.8 Å². The predicted molar refractivity (Wildman–Crippen MR) is 54.0 cm³/mol. The molecule has 0 atom stereocenters. The van der Waals surface area contributed by atoms with Crippen molar-refractivity contribution in [1.82, 2.24) is 4.90 Å². The number of hydrogen-bond acceptors (Lipinski definition) is 4. The fourth-order valence-corrected chi connectivity index (χ4v) is 0.901. The third-order valence-electron chi connectivity index (χ3n) is 1.63. The molecule has 1 rings (SSSR count). The first-order chi connectivity index (χ1) is 7.50. The molecule has 6 nitrogen and oxygen atoms in total. The van der Waals surface area contributed by atoms with Crippen molar-refractivity contribution in [2.45, 2.75) is 13.8 Å². The highest BCUT2D eigenvalue weighted by Crippen LogP contribution is 2.10. The van der Waals surface area contributed by atoms with Crippen molar-refractivity contribution < 1.29 is 24.2 Å². The summed E-state index contributed by atoms with van der Waals surface area (Å²) in [7, 11) is 0. The van der Waals surface area contributed by atoms with Crippen molar-refractivity contribution in [3.8, 4) is 0 Å². The molecule has 1 amide bonds. The molecule has 16 heavy (non-hydrogen) atoms. The van der Waals surface area contributed by atoms with Crippen molar-refractivity contribution in [3.63, 3.8) is 0 Å². The molecule has 0 unspecified atom stereocenters. The first-order valence-corrected chi connectivity index (χ1v) is 4.74. The molecule has 6 heteroatoms. The Balaban J connectivity index is 2.59. The van der Waals surface area contributed by atoms with Gasteiger partial charge in [0, 0.05) is 0 Å². The van der Waals surface area contributed by atoms with Crippen LogP contribution in [-0.4, -0.2) is 28.7 Å². The quantitative estimate of drug-likeness (QED) is 0.790. The lowest BCUT2D eigenvalue weighted by Crippen LogP contribution is -2.26. The zero-order valence-electron chi connectivity index (χ0n) is 9.04. The highest BCUT2D eigenvalue weighted by Gasteiger charge is 2.19. The fraction of sp³-hybridized carbons (Fsp3) is 0.400. The Morgan fingerprint density at radius 2 is 2.25 bits per heavy atom. The molecule has 88 valence electrons. The normalized spacial score (nSPS) is 14.4. The van der Waals surface area contributed by atoms with Gasteiger partial charge in [0.05, 0.1) is 19.0 Å². The first kappa shape index (κ1) is 12.1. The summed E-state index contributed by atoms with van der Waals surface area (Å²) < 4.78 is 9.59. The van der Waals surface area contributed by atoms with E-state index in [4.69, 9.17) is 9.84 Å². The van der Waals surface area contributed by atoms with Crippen molar-refractivity contribution in [2.75, 3.05) is 6.61 Å². The number of amides is 1. The van der Waals surface area contributed by atoms with Gasteiger partial charge in [0.2, 0.25) is 5.76 Å². The topological polar surface area (TPSA) is 76.1 Å². The Labute approximate surface area is 92.7 Å². The minimum Gasteiger partial charge on any atom is -0.475 e. The largest absolute Gasteiger partial charge is 0.475 e. The maximum atomic E-state index is 11.4. The number of aliphatic carboxylic acids is 1. The number of ether oxygens (including phenoxy) is 2. The van der Waals surface area contributed by atoms with Crippen LogP contribution in [0.3, 0.4) is 0 Å². The molecule has 0 radical (unpaired) electrons. The van der Waals surface area contributed by atoms with E-state index in [1.54, 1.807) is 0 Å². The van der Waals surface area contributed by atoms with Gasteiger partial charge in [-0.15, -0.1) is 0 Å². The predicted octanol–water partition coefficient (Wildman–Crippen LogP) is 1.51. The lowest BCUT2D eigenvalue weighted by Gasteiger charge is -2.18. The average Bonchev–Trinajstić information content (AvgIpc) is 2.26. The molecule has 0 aromatic carbocycles. The van der Waals surface area contributed by atoms with Gasteiger partial charge >= 0.3 is 12.1 Å². The van der Waals surface area contributed by atoms with Crippen LogP contribution in [0.25, 0.3) is 0 Å². The Hall–Kier alpha value is -1.98. The van der Waals surface area contributed by atoms with Gasteiger partial charge < -0.3 is 14.6 Å². The van der Waals surface area contributed by atoms with E-state index in [9.17, 15) is 9.59 Å². The van der Waals surface area contributed by atoms with Gasteiger partial charge in [0.25, 0.3) is 0 Å². The molecule has 1 heterocycles. The van der Waals surface area contributed by atoms with E-state index in [-0.39, 0.29) is 18.3 Å². The smallest absolute Gasteiger partial charge is 0.418 e. The number of carboxylic acid groups (broad SMARTS) is 1. The van der Waals surface area contributed by atoms with Crippen molar-refractivity contribution in [3.05, 3.63) is 24.4 Å². The molecular weight excluding hydrogens is 214 g/mol. The summed E-state index contributed by atoms with van der Waals surface area (Å²) in [5.41, 5.74) is 0. The van der Waals surface area contributed by atoms with Crippen molar-refractivity contribution in [2.24, 2.45) is 5.92 Å². The summed E-state index contributed by atoms with van der Waals surface area (Å²) in [5.74, 6) is -1.35. The summed E-state index contributed by atoms with van der Waals surface area (Å²) >= 11 is 0. The second-order valence-corrected chi connectivity index (χ2v) is 3.58. The molecule has 0 aromatic rings. The highest BCUT2D eigenvalue weighted by molar-refractivity contribution is 5.85. The number of nitrogens with zero attached hydrogens (tertiary/aromatic N) is 1. The van der Waals surface area contributed by atoms with Crippen LogP contribution in [0.1, 0.15) is 13.8 Å². The molecular formula is C10H13NO5. The summed E-state index contributed by atoms with van der Waals surface area (Å²) in [6, 6.07) is 0. The summed E-state index contributed by atoms with van der Waals surface area (Å²) in [6.45, 7) is 4.09. The van der Waals surface area contributed by atoms with E-state index >= 15 is 0 Å². The number of rotatable bonds is 3. The molecule has 1 aliphatic heterocycles. The SMILES string of the molecule is CC(C)COC(=O)N1C=COC(C(=O)O)=C1. The zero-order chi connectivity index (χ0) is 12.1. The lowest BCUT2D eigenvalue weighted by atomic mass is 10.2. The monoisotopic (exact) mass is 227 g/mol. The zero-order valence-corrected chi connectivity index (χ0v) is 9.04. The Morgan fingerprint density at radius 1 is 1.56 bits per heavy atom. The van der Waals surface area contributed by atoms with Gasteiger partial charge in [-0.25, -0.2) is 9.59 Å². The molecule has 0 saturated heterocycles. The molecule has 1 N–H and O–H groups in total. The van der Waals surface area contributed by atoms with E-state index in [1.165, 1.54) is 6.20 Å². The van der Waals surface area contributed by atoms with Gasteiger partial charge in [-0.05, 0) is 5.92 Å². The third kappa shape index (κ3) is 3.30. The summed E-state index contributed by atoms with van der Waals surface area (Å²) in [4.78, 5) is 23.0. The molecule has 0 fully saturated rings. The molecule has 0 aliphatic carbocycles. The van der Waals surface area contributed by atoms with Crippen LogP contribution in [0.5, 0.6) is 0 Å². The van der Waals surface area contributed by atoms with Crippen LogP contribution < -0.4 is 0 Å². The second-order valence-electron chi connectivity index (χ2n) is 3.58. The van der Waals surface area contributed by atoms with E-state index in [0.717, 1.165) is 17.4 Å². The molecule has 0 saturated carbocycles. The van der Waals surface area contributed by atoms with E-state index < -0.39 is 12.1 Å². The number of carbonyl (C=O) groups excluding carboxylic acids is 1. The maximum absolute atomic E-state index is 11.4. The molecule has 0 spiro atoms. The van der Waals surface area contributed by atoms with Crippen molar-refractivity contribution in [1.29, 1.82) is 0 Å². The Bertz CT molecular complexity index is 345. The van der Waals surface area contributed by atoms with E-state index in [2.05, 4.69) is 4.74 Å². The summed E-state index contributed by atoms with van der Waals surface area (Å²) in [5, 5.41) is 8.65. The molecule has 0 aromatic heterocycles. The average molecular weight is 227 g/mol. The second kappa shape index (κ2) is 5.20.